The molecule has 154 valence electrons. The van der Waals surface area contributed by atoms with E-state index in [0.29, 0.717) is 36.1 Å². The maximum Gasteiger partial charge on any atom is 0.274 e. The molecule has 8 heteroatoms. The van der Waals surface area contributed by atoms with Crippen molar-refractivity contribution >= 4 is 17.3 Å². The number of hydrogen-bond acceptors (Lipinski definition) is 7. The van der Waals surface area contributed by atoms with Crippen molar-refractivity contribution < 1.29 is 23.7 Å². The van der Waals surface area contributed by atoms with Crippen LogP contribution in [0.15, 0.2) is 36.5 Å². The van der Waals surface area contributed by atoms with E-state index in [-0.39, 0.29) is 5.91 Å². The Bertz CT molecular complexity index is 855. The summed E-state index contributed by atoms with van der Waals surface area (Å²) in [5.74, 6) is 0.467. The SMILES string of the molecule is COc1ccc(NC(=O)c2ccc(N3CCC4(CC3)OCCO4)cn2)cc1OC. The fraction of sp³-hybridized carbons (Fsp3) is 0.429. The zero-order valence-electron chi connectivity index (χ0n) is 16.6. The number of carbonyl (C=O) groups is 1. The molecule has 0 bridgehead atoms. The Morgan fingerprint density at radius 1 is 1.07 bits per heavy atom. The minimum absolute atomic E-state index is 0.283. The van der Waals surface area contributed by atoms with Crippen LogP contribution in [0.2, 0.25) is 0 Å². The molecule has 1 spiro atoms. The Balaban J connectivity index is 1.38. The Labute approximate surface area is 169 Å². The summed E-state index contributed by atoms with van der Waals surface area (Å²) in [4.78, 5) is 19.1. The number of nitrogens with zero attached hydrogens (tertiary/aromatic N) is 2. The Morgan fingerprint density at radius 3 is 2.41 bits per heavy atom. The van der Waals surface area contributed by atoms with Crippen molar-refractivity contribution in [3.05, 3.63) is 42.2 Å². The predicted octanol–water partition coefficient (Wildman–Crippen LogP) is 2.69. The van der Waals surface area contributed by atoms with Crippen LogP contribution in [-0.4, -0.2) is 57.2 Å². The highest BCUT2D eigenvalue weighted by Gasteiger charge is 2.39. The number of ether oxygens (including phenoxy) is 4. The van der Waals surface area contributed by atoms with Gasteiger partial charge in [0.2, 0.25) is 0 Å². The summed E-state index contributed by atoms with van der Waals surface area (Å²) in [6, 6.07) is 8.86. The van der Waals surface area contributed by atoms with Crippen molar-refractivity contribution in [2.24, 2.45) is 0 Å². The summed E-state index contributed by atoms with van der Waals surface area (Å²) >= 11 is 0. The minimum atomic E-state index is -0.400. The Kier molecular flexibility index (Phi) is 5.55. The van der Waals surface area contributed by atoms with Crippen LogP contribution in [0.4, 0.5) is 11.4 Å². The summed E-state index contributed by atoms with van der Waals surface area (Å²) in [6.45, 7) is 3.01. The summed E-state index contributed by atoms with van der Waals surface area (Å²) in [5.41, 5.74) is 1.94. The van der Waals surface area contributed by atoms with Crippen molar-refractivity contribution in [2.45, 2.75) is 18.6 Å². The van der Waals surface area contributed by atoms with Crippen LogP contribution in [0.1, 0.15) is 23.3 Å². The molecular weight excluding hydrogens is 374 g/mol. The van der Waals surface area contributed by atoms with Gasteiger partial charge in [-0.05, 0) is 24.3 Å². The van der Waals surface area contributed by atoms with Crippen LogP contribution in [0, 0.1) is 0 Å². The first-order valence-electron chi connectivity index (χ1n) is 9.65. The molecule has 0 atom stereocenters. The molecule has 3 heterocycles. The summed E-state index contributed by atoms with van der Waals surface area (Å²) in [5, 5.41) is 2.83. The molecule has 2 aliphatic heterocycles. The number of benzene rings is 1. The number of pyridine rings is 1. The molecule has 0 saturated carbocycles. The van der Waals surface area contributed by atoms with Gasteiger partial charge in [-0.25, -0.2) is 4.98 Å². The number of piperidine rings is 1. The summed E-state index contributed by atoms with van der Waals surface area (Å²) < 4.78 is 22.0. The Hall–Kier alpha value is -2.84. The number of amides is 1. The molecule has 2 aliphatic rings. The average molecular weight is 399 g/mol. The molecule has 1 amide bonds. The fourth-order valence-electron chi connectivity index (χ4n) is 3.71. The second-order valence-electron chi connectivity index (χ2n) is 7.02. The topological polar surface area (TPSA) is 82.2 Å². The van der Waals surface area contributed by atoms with Crippen molar-refractivity contribution in [3.63, 3.8) is 0 Å². The van der Waals surface area contributed by atoms with Gasteiger partial charge in [-0.3, -0.25) is 4.79 Å². The lowest BCUT2D eigenvalue weighted by Crippen LogP contribution is -2.45. The van der Waals surface area contributed by atoms with Gasteiger partial charge in [0, 0.05) is 37.7 Å². The highest BCUT2D eigenvalue weighted by Crippen LogP contribution is 2.33. The molecule has 2 aromatic rings. The van der Waals surface area contributed by atoms with Crippen molar-refractivity contribution in [1.29, 1.82) is 0 Å². The molecule has 1 aromatic heterocycles. The van der Waals surface area contributed by atoms with Crippen LogP contribution in [0.3, 0.4) is 0 Å². The number of hydrogen-bond donors (Lipinski definition) is 1. The van der Waals surface area contributed by atoms with Crippen molar-refractivity contribution in [3.8, 4) is 11.5 Å². The van der Waals surface area contributed by atoms with Gasteiger partial charge in [0.1, 0.15) is 5.69 Å². The zero-order valence-corrected chi connectivity index (χ0v) is 16.6. The molecule has 8 nitrogen and oxygen atoms in total. The molecule has 0 unspecified atom stereocenters. The maximum atomic E-state index is 12.5. The number of anilines is 2. The molecule has 0 radical (unpaired) electrons. The maximum absolute atomic E-state index is 12.5. The Morgan fingerprint density at radius 2 is 1.79 bits per heavy atom. The molecule has 2 saturated heterocycles. The lowest BCUT2D eigenvalue weighted by molar-refractivity contribution is -0.169. The number of methoxy groups -OCH3 is 2. The molecule has 4 rings (SSSR count). The normalized spacial score (nSPS) is 17.9. The van der Waals surface area contributed by atoms with Crippen molar-refractivity contribution in [2.75, 3.05) is 50.7 Å². The van der Waals surface area contributed by atoms with E-state index in [4.69, 9.17) is 18.9 Å². The van der Waals surface area contributed by atoms with E-state index < -0.39 is 5.79 Å². The quantitative estimate of drug-likeness (QED) is 0.828. The van der Waals surface area contributed by atoms with Gasteiger partial charge in [-0.2, -0.15) is 0 Å². The van der Waals surface area contributed by atoms with Gasteiger partial charge in [0.15, 0.2) is 17.3 Å². The van der Waals surface area contributed by atoms with E-state index in [9.17, 15) is 4.79 Å². The van der Waals surface area contributed by atoms with E-state index in [2.05, 4.69) is 15.2 Å². The second-order valence-corrected chi connectivity index (χ2v) is 7.02. The van der Waals surface area contributed by atoms with Gasteiger partial charge in [0.25, 0.3) is 5.91 Å². The van der Waals surface area contributed by atoms with Crippen LogP contribution in [0.25, 0.3) is 0 Å². The third kappa shape index (κ3) is 4.13. The molecule has 2 fully saturated rings. The van der Waals surface area contributed by atoms with E-state index in [1.54, 1.807) is 44.7 Å². The lowest BCUT2D eigenvalue weighted by Gasteiger charge is -2.38. The first kappa shape index (κ1) is 19.5. The first-order chi connectivity index (χ1) is 14.1. The summed E-state index contributed by atoms with van der Waals surface area (Å²) in [6.07, 6.45) is 3.39. The van der Waals surface area contributed by atoms with Gasteiger partial charge < -0.3 is 29.2 Å². The average Bonchev–Trinajstić information content (AvgIpc) is 3.22. The van der Waals surface area contributed by atoms with Crippen LogP contribution in [-0.2, 0) is 9.47 Å². The predicted molar refractivity (Wildman–Crippen MR) is 108 cm³/mol. The molecule has 0 aliphatic carbocycles. The van der Waals surface area contributed by atoms with Gasteiger partial charge in [-0.1, -0.05) is 0 Å². The van der Waals surface area contributed by atoms with Crippen LogP contribution in [0.5, 0.6) is 11.5 Å². The zero-order chi connectivity index (χ0) is 20.3. The van der Waals surface area contributed by atoms with E-state index in [0.717, 1.165) is 31.6 Å². The van der Waals surface area contributed by atoms with Gasteiger partial charge in [0.05, 0.1) is 39.3 Å². The minimum Gasteiger partial charge on any atom is -0.493 e. The monoisotopic (exact) mass is 399 g/mol. The van der Waals surface area contributed by atoms with Crippen LogP contribution >= 0.6 is 0 Å². The largest absolute Gasteiger partial charge is 0.493 e. The second kappa shape index (κ2) is 8.26. The molecule has 29 heavy (non-hydrogen) atoms. The number of nitrogens with one attached hydrogen (secondary N) is 1. The van der Waals surface area contributed by atoms with E-state index in [1.165, 1.54) is 0 Å². The van der Waals surface area contributed by atoms with E-state index in [1.807, 2.05) is 6.07 Å². The number of rotatable bonds is 5. The van der Waals surface area contributed by atoms with Gasteiger partial charge >= 0.3 is 0 Å². The highest BCUT2D eigenvalue weighted by molar-refractivity contribution is 6.03. The summed E-state index contributed by atoms with van der Waals surface area (Å²) in [7, 11) is 3.12. The first-order valence-corrected chi connectivity index (χ1v) is 9.65. The molecule has 1 N–H and O–H groups in total. The van der Waals surface area contributed by atoms with Crippen LogP contribution < -0.4 is 19.7 Å². The van der Waals surface area contributed by atoms with Crippen molar-refractivity contribution in [1.82, 2.24) is 4.98 Å². The highest BCUT2D eigenvalue weighted by atomic mass is 16.7. The number of aromatic nitrogens is 1. The smallest absolute Gasteiger partial charge is 0.274 e. The number of carbonyl (C=O) groups excluding carboxylic acids is 1. The van der Waals surface area contributed by atoms with Gasteiger partial charge in [-0.15, -0.1) is 0 Å². The third-order valence-corrected chi connectivity index (χ3v) is 5.33. The molecular formula is C21H25N3O5. The standard InChI is InChI=1S/C21H25N3O5/c1-26-18-6-3-15(13-19(18)27-2)23-20(25)17-5-4-16(14-22-17)24-9-7-21(8-10-24)28-11-12-29-21/h3-6,13-14H,7-12H2,1-2H3,(H,23,25). The third-order valence-electron chi connectivity index (χ3n) is 5.33. The molecule has 1 aromatic carbocycles. The lowest BCUT2D eigenvalue weighted by atomic mass is 10.0. The van der Waals surface area contributed by atoms with E-state index >= 15 is 0 Å². The fourth-order valence-corrected chi connectivity index (χ4v) is 3.71.